The number of nitrogens with zero attached hydrogens (tertiary/aromatic N) is 1. The number of phenolic OH excluding ortho intramolecular Hbond substituents is 1. The zero-order valence-corrected chi connectivity index (χ0v) is 12.5. The molecule has 2 heterocycles. The Morgan fingerprint density at radius 2 is 1.95 bits per heavy atom. The average molecular weight is 283 g/mol. The molecule has 3 aromatic rings. The highest BCUT2D eigenvalue weighted by atomic mass is 32.1. The molecule has 0 amide bonds. The van der Waals surface area contributed by atoms with Crippen molar-refractivity contribution in [2.24, 2.45) is 0 Å². The van der Waals surface area contributed by atoms with Crippen molar-refractivity contribution in [3.8, 4) is 16.2 Å². The summed E-state index contributed by atoms with van der Waals surface area (Å²) in [6.45, 7) is 4.31. The highest BCUT2D eigenvalue weighted by molar-refractivity contribution is 7.22. The Morgan fingerprint density at radius 3 is 2.70 bits per heavy atom. The highest BCUT2D eigenvalue weighted by Crippen LogP contribution is 2.36. The minimum Gasteiger partial charge on any atom is -0.508 e. The number of benzene rings is 1. The van der Waals surface area contributed by atoms with Crippen LogP contribution in [0, 0.1) is 0 Å². The van der Waals surface area contributed by atoms with E-state index in [-0.39, 0.29) is 0 Å². The maximum atomic E-state index is 9.57. The summed E-state index contributed by atoms with van der Waals surface area (Å²) in [4.78, 5) is 5.75. The van der Waals surface area contributed by atoms with Gasteiger partial charge in [0.15, 0.2) is 0 Å². The molecule has 0 atom stereocenters. The van der Waals surface area contributed by atoms with Crippen molar-refractivity contribution in [1.29, 1.82) is 0 Å². The Balaban J connectivity index is 2.14. The molecule has 0 radical (unpaired) electrons. The van der Waals surface area contributed by atoms with Crippen LogP contribution in [-0.2, 0) is 12.8 Å². The first-order valence-electron chi connectivity index (χ1n) is 6.92. The van der Waals surface area contributed by atoms with E-state index in [0.29, 0.717) is 5.75 Å². The topological polar surface area (TPSA) is 33.1 Å². The van der Waals surface area contributed by atoms with Gasteiger partial charge in [0.2, 0.25) is 0 Å². The number of aromatic nitrogens is 1. The number of thiophene rings is 1. The van der Waals surface area contributed by atoms with E-state index in [2.05, 4.69) is 31.0 Å². The minimum atomic E-state index is 0.320. The van der Waals surface area contributed by atoms with Crippen molar-refractivity contribution in [2.45, 2.75) is 26.7 Å². The first-order valence-corrected chi connectivity index (χ1v) is 7.73. The van der Waals surface area contributed by atoms with E-state index in [1.807, 2.05) is 18.3 Å². The Labute approximate surface area is 122 Å². The minimum absolute atomic E-state index is 0.320. The number of rotatable bonds is 3. The van der Waals surface area contributed by atoms with Gasteiger partial charge in [-0.15, -0.1) is 11.3 Å². The predicted molar refractivity (Wildman–Crippen MR) is 85.5 cm³/mol. The van der Waals surface area contributed by atoms with Crippen LogP contribution >= 0.6 is 11.3 Å². The van der Waals surface area contributed by atoms with Crippen LogP contribution in [0.2, 0.25) is 0 Å². The maximum Gasteiger partial charge on any atom is 0.117 e. The van der Waals surface area contributed by atoms with Crippen LogP contribution in [0.25, 0.3) is 20.5 Å². The van der Waals surface area contributed by atoms with Gasteiger partial charge < -0.3 is 5.11 Å². The zero-order chi connectivity index (χ0) is 14.1. The largest absolute Gasteiger partial charge is 0.508 e. The van der Waals surface area contributed by atoms with Crippen LogP contribution in [0.15, 0.2) is 36.5 Å². The van der Waals surface area contributed by atoms with Crippen LogP contribution in [0.4, 0.5) is 0 Å². The van der Waals surface area contributed by atoms with Gasteiger partial charge in [0.1, 0.15) is 5.75 Å². The number of aromatic hydroxyl groups is 1. The zero-order valence-electron chi connectivity index (χ0n) is 11.7. The summed E-state index contributed by atoms with van der Waals surface area (Å²) in [7, 11) is 0. The van der Waals surface area contributed by atoms with Crippen LogP contribution in [0.3, 0.4) is 0 Å². The van der Waals surface area contributed by atoms with E-state index in [0.717, 1.165) is 23.2 Å². The van der Waals surface area contributed by atoms with Gasteiger partial charge in [-0.3, -0.25) is 4.98 Å². The second-order valence-electron chi connectivity index (χ2n) is 4.87. The molecule has 0 aliphatic heterocycles. The molecule has 0 fully saturated rings. The summed E-state index contributed by atoms with van der Waals surface area (Å²) in [6, 6.07) is 9.91. The molecule has 0 saturated heterocycles. The summed E-state index contributed by atoms with van der Waals surface area (Å²) in [6.07, 6.45) is 3.96. The Kier molecular flexibility index (Phi) is 3.45. The lowest BCUT2D eigenvalue weighted by Crippen LogP contribution is -1.93. The molecule has 0 spiro atoms. The predicted octanol–water partition coefficient (Wildman–Crippen LogP) is 4.79. The number of hydrogen-bond donors (Lipinski definition) is 1. The van der Waals surface area contributed by atoms with Crippen molar-refractivity contribution in [3.05, 3.63) is 47.8 Å². The smallest absolute Gasteiger partial charge is 0.117 e. The van der Waals surface area contributed by atoms with Crippen LogP contribution in [0.5, 0.6) is 5.75 Å². The lowest BCUT2D eigenvalue weighted by Gasteiger charge is -2.07. The highest BCUT2D eigenvalue weighted by Gasteiger charge is 2.10. The fourth-order valence-electron chi connectivity index (χ4n) is 2.41. The van der Waals surface area contributed by atoms with Gasteiger partial charge in [-0.05, 0) is 54.1 Å². The Morgan fingerprint density at radius 1 is 1.10 bits per heavy atom. The van der Waals surface area contributed by atoms with Gasteiger partial charge in [0, 0.05) is 27.0 Å². The molecule has 3 heteroatoms. The van der Waals surface area contributed by atoms with Gasteiger partial charge in [0.25, 0.3) is 0 Å². The number of phenols is 1. The molecule has 0 saturated carbocycles. The number of pyridine rings is 1. The van der Waals surface area contributed by atoms with Crippen LogP contribution < -0.4 is 0 Å². The molecule has 0 aliphatic rings. The van der Waals surface area contributed by atoms with Crippen molar-refractivity contribution in [3.63, 3.8) is 0 Å². The van der Waals surface area contributed by atoms with E-state index < -0.39 is 0 Å². The second kappa shape index (κ2) is 5.25. The quantitative estimate of drug-likeness (QED) is 0.749. The molecular formula is C17H17NOS. The van der Waals surface area contributed by atoms with E-state index in [1.165, 1.54) is 21.4 Å². The first-order chi connectivity index (χ1) is 9.71. The lowest BCUT2D eigenvalue weighted by atomic mass is 10.0. The van der Waals surface area contributed by atoms with Crippen molar-refractivity contribution >= 4 is 21.4 Å². The SMILES string of the molecule is CCc1cc(CC)c(-c2cc3ccc(O)cc3s2)cn1. The Bertz CT molecular complexity index is 761. The molecular weight excluding hydrogens is 266 g/mol. The van der Waals surface area contributed by atoms with Crippen molar-refractivity contribution < 1.29 is 5.11 Å². The summed E-state index contributed by atoms with van der Waals surface area (Å²) < 4.78 is 1.11. The average Bonchev–Trinajstić information content (AvgIpc) is 2.89. The first kappa shape index (κ1) is 13.1. The van der Waals surface area contributed by atoms with E-state index >= 15 is 0 Å². The van der Waals surface area contributed by atoms with E-state index in [4.69, 9.17) is 0 Å². The van der Waals surface area contributed by atoms with E-state index in [1.54, 1.807) is 17.4 Å². The molecule has 2 nitrogen and oxygen atoms in total. The molecule has 1 aromatic carbocycles. The molecule has 0 bridgehead atoms. The lowest BCUT2D eigenvalue weighted by molar-refractivity contribution is 0.476. The third-order valence-electron chi connectivity index (χ3n) is 3.56. The number of aryl methyl sites for hydroxylation is 2. The third-order valence-corrected chi connectivity index (χ3v) is 4.69. The molecule has 0 unspecified atom stereocenters. The normalized spacial score (nSPS) is 11.1. The standard InChI is InChI=1S/C17H17NOS/c1-3-11-7-13(4-2)18-10-15(11)17-8-12-5-6-14(19)9-16(12)20-17/h5-10,19H,3-4H2,1-2H3. The fourth-order valence-corrected chi connectivity index (χ4v) is 3.55. The summed E-state index contributed by atoms with van der Waals surface area (Å²) in [5.74, 6) is 0.320. The third kappa shape index (κ3) is 2.29. The molecule has 20 heavy (non-hydrogen) atoms. The molecule has 0 aliphatic carbocycles. The molecule has 3 rings (SSSR count). The number of fused-ring (bicyclic) bond motifs is 1. The van der Waals surface area contributed by atoms with Crippen LogP contribution in [-0.4, -0.2) is 10.1 Å². The van der Waals surface area contributed by atoms with Gasteiger partial charge >= 0.3 is 0 Å². The molecule has 2 aromatic heterocycles. The summed E-state index contributed by atoms with van der Waals surface area (Å²) >= 11 is 1.71. The summed E-state index contributed by atoms with van der Waals surface area (Å²) in [5.41, 5.74) is 3.70. The van der Waals surface area contributed by atoms with Gasteiger partial charge in [0.05, 0.1) is 0 Å². The van der Waals surface area contributed by atoms with Gasteiger partial charge in [-0.2, -0.15) is 0 Å². The maximum absolute atomic E-state index is 9.57. The molecule has 1 N–H and O–H groups in total. The second-order valence-corrected chi connectivity index (χ2v) is 5.96. The number of hydrogen-bond acceptors (Lipinski definition) is 3. The van der Waals surface area contributed by atoms with Crippen molar-refractivity contribution in [1.82, 2.24) is 4.98 Å². The fraction of sp³-hybridized carbons (Fsp3) is 0.235. The van der Waals surface area contributed by atoms with Gasteiger partial charge in [-0.1, -0.05) is 13.8 Å². The van der Waals surface area contributed by atoms with Crippen LogP contribution in [0.1, 0.15) is 25.1 Å². The van der Waals surface area contributed by atoms with Gasteiger partial charge in [-0.25, -0.2) is 0 Å². The van der Waals surface area contributed by atoms with Crippen molar-refractivity contribution in [2.75, 3.05) is 0 Å². The monoisotopic (exact) mass is 283 g/mol. The molecule has 102 valence electrons. The summed E-state index contributed by atoms with van der Waals surface area (Å²) in [5, 5.41) is 10.7. The Hall–Kier alpha value is -1.87. The van der Waals surface area contributed by atoms with E-state index in [9.17, 15) is 5.11 Å².